The molecule has 1 aliphatic rings. The Hall–Kier alpha value is -1.18. The first-order valence-electron chi connectivity index (χ1n) is 6.22. The van der Waals surface area contributed by atoms with Crippen molar-refractivity contribution in [3.05, 3.63) is 23.4 Å². The fraction of sp³-hybridized carbons (Fsp3) is 0.571. The molecule has 0 aromatic carbocycles. The third-order valence-electron chi connectivity index (χ3n) is 3.34. The van der Waals surface area contributed by atoms with Crippen molar-refractivity contribution >= 4 is 11.5 Å². The molecule has 0 aliphatic carbocycles. The zero-order valence-corrected chi connectivity index (χ0v) is 10.5. The Balaban J connectivity index is 2.21. The Bertz CT molecular complexity index is 407. The summed E-state index contributed by atoms with van der Waals surface area (Å²) in [6.07, 6.45) is 4.95. The SMILES string of the molecule is CCCCC1Cc2ccc(C)nc2N=C1C. The quantitative estimate of drug-likeness (QED) is 0.753. The van der Waals surface area contributed by atoms with Crippen molar-refractivity contribution in [1.29, 1.82) is 0 Å². The molecule has 2 rings (SSSR count). The van der Waals surface area contributed by atoms with Gasteiger partial charge in [-0.2, -0.15) is 0 Å². The van der Waals surface area contributed by atoms with Gasteiger partial charge in [-0.25, -0.2) is 9.98 Å². The number of aliphatic imine (C=N–C) groups is 1. The van der Waals surface area contributed by atoms with E-state index in [1.54, 1.807) is 0 Å². The van der Waals surface area contributed by atoms with E-state index in [-0.39, 0.29) is 0 Å². The van der Waals surface area contributed by atoms with Gasteiger partial charge in [0.25, 0.3) is 0 Å². The van der Waals surface area contributed by atoms with Gasteiger partial charge in [-0.3, -0.25) is 0 Å². The minimum absolute atomic E-state index is 0.636. The molecule has 0 saturated carbocycles. The number of aryl methyl sites for hydroxylation is 1. The van der Waals surface area contributed by atoms with Crippen LogP contribution in [0.1, 0.15) is 44.4 Å². The molecule has 2 heterocycles. The minimum Gasteiger partial charge on any atom is -0.238 e. The molecule has 0 N–H and O–H groups in total. The van der Waals surface area contributed by atoms with Crippen LogP contribution in [0, 0.1) is 12.8 Å². The van der Waals surface area contributed by atoms with Crippen molar-refractivity contribution in [3.8, 4) is 0 Å². The Kier molecular flexibility index (Phi) is 3.37. The lowest BCUT2D eigenvalue weighted by Crippen LogP contribution is -2.18. The van der Waals surface area contributed by atoms with Crippen LogP contribution in [0.4, 0.5) is 5.82 Å². The van der Waals surface area contributed by atoms with Gasteiger partial charge in [-0.05, 0) is 38.3 Å². The zero-order chi connectivity index (χ0) is 11.5. The molecule has 2 nitrogen and oxygen atoms in total. The standard InChI is InChI=1S/C14H20N2/c1-4-5-6-12-9-13-8-7-10(2)15-14(13)16-11(12)3/h7-8,12H,4-6,9H2,1-3H3. The first-order chi connectivity index (χ1) is 7.70. The second-order valence-electron chi connectivity index (χ2n) is 4.73. The highest BCUT2D eigenvalue weighted by atomic mass is 14.9. The van der Waals surface area contributed by atoms with Gasteiger partial charge in [0, 0.05) is 17.3 Å². The number of pyridine rings is 1. The Morgan fingerprint density at radius 1 is 1.31 bits per heavy atom. The van der Waals surface area contributed by atoms with Gasteiger partial charge in [-0.1, -0.05) is 25.8 Å². The molecule has 1 atom stereocenters. The highest BCUT2D eigenvalue weighted by molar-refractivity contribution is 5.88. The Morgan fingerprint density at radius 3 is 2.88 bits per heavy atom. The zero-order valence-electron chi connectivity index (χ0n) is 10.5. The number of fused-ring (bicyclic) bond motifs is 1. The third kappa shape index (κ3) is 2.31. The number of aromatic nitrogens is 1. The summed E-state index contributed by atoms with van der Waals surface area (Å²) < 4.78 is 0. The van der Waals surface area contributed by atoms with E-state index in [1.807, 2.05) is 6.92 Å². The number of hydrogen-bond acceptors (Lipinski definition) is 2. The van der Waals surface area contributed by atoms with Crippen LogP contribution in [-0.4, -0.2) is 10.7 Å². The van der Waals surface area contributed by atoms with E-state index in [0.29, 0.717) is 5.92 Å². The summed E-state index contributed by atoms with van der Waals surface area (Å²) >= 11 is 0. The molecule has 0 spiro atoms. The topological polar surface area (TPSA) is 25.2 Å². The van der Waals surface area contributed by atoms with E-state index >= 15 is 0 Å². The summed E-state index contributed by atoms with van der Waals surface area (Å²) in [6.45, 7) is 6.41. The van der Waals surface area contributed by atoms with Crippen LogP contribution >= 0.6 is 0 Å². The molecule has 1 aromatic rings. The van der Waals surface area contributed by atoms with Gasteiger partial charge >= 0.3 is 0 Å². The average Bonchev–Trinajstić information content (AvgIpc) is 2.26. The summed E-state index contributed by atoms with van der Waals surface area (Å²) in [4.78, 5) is 9.14. The molecule has 0 bridgehead atoms. The first kappa shape index (κ1) is 11.3. The fourth-order valence-electron chi connectivity index (χ4n) is 2.26. The van der Waals surface area contributed by atoms with Gasteiger partial charge in [0.05, 0.1) is 0 Å². The second-order valence-corrected chi connectivity index (χ2v) is 4.73. The molecule has 0 amide bonds. The van der Waals surface area contributed by atoms with Gasteiger partial charge in [-0.15, -0.1) is 0 Å². The molecular formula is C14H20N2. The smallest absolute Gasteiger partial charge is 0.155 e. The van der Waals surface area contributed by atoms with E-state index in [9.17, 15) is 0 Å². The molecule has 0 radical (unpaired) electrons. The van der Waals surface area contributed by atoms with E-state index in [1.165, 1.54) is 30.5 Å². The molecule has 2 heteroatoms. The molecular weight excluding hydrogens is 196 g/mol. The maximum Gasteiger partial charge on any atom is 0.155 e. The fourth-order valence-corrected chi connectivity index (χ4v) is 2.26. The molecule has 1 aromatic heterocycles. The summed E-state index contributed by atoms with van der Waals surface area (Å²) in [7, 11) is 0. The maximum absolute atomic E-state index is 4.65. The van der Waals surface area contributed by atoms with Crippen molar-refractivity contribution in [3.63, 3.8) is 0 Å². The van der Waals surface area contributed by atoms with Crippen LogP contribution in [0.3, 0.4) is 0 Å². The highest BCUT2D eigenvalue weighted by Crippen LogP contribution is 2.29. The monoisotopic (exact) mass is 216 g/mol. The van der Waals surface area contributed by atoms with Crippen LogP contribution in [0.15, 0.2) is 17.1 Å². The molecule has 1 unspecified atom stereocenters. The van der Waals surface area contributed by atoms with E-state index in [2.05, 4.69) is 36.0 Å². The molecule has 86 valence electrons. The first-order valence-corrected chi connectivity index (χ1v) is 6.22. The van der Waals surface area contributed by atoms with E-state index in [4.69, 9.17) is 0 Å². The lowest BCUT2D eigenvalue weighted by molar-refractivity contribution is 0.572. The summed E-state index contributed by atoms with van der Waals surface area (Å²) in [5, 5.41) is 0. The van der Waals surface area contributed by atoms with Crippen LogP contribution in [-0.2, 0) is 6.42 Å². The number of nitrogens with zero attached hydrogens (tertiary/aromatic N) is 2. The Morgan fingerprint density at radius 2 is 2.12 bits per heavy atom. The van der Waals surface area contributed by atoms with Crippen molar-refractivity contribution in [2.45, 2.75) is 46.5 Å². The summed E-state index contributed by atoms with van der Waals surface area (Å²) in [5.74, 6) is 1.59. The lowest BCUT2D eigenvalue weighted by Gasteiger charge is -2.22. The predicted molar refractivity (Wildman–Crippen MR) is 68.5 cm³/mol. The van der Waals surface area contributed by atoms with Crippen LogP contribution in [0.25, 0.3) is 0 Å². The molecule has 16 heavy (non-hydrogen) atoms. The summed E-state index contributed by atoms with van der Waals surface area (Å²) in [6, 6.07) is 4.28. The van der Waals surface area contributed by atoms with Crippen molar-refractivity contribution < 1.29 is 0 Å². The maximum atomic E-state index is 4.65. The number of hydrogen-bond donors (Lipinski definition) is 0. The third-order valence-corrected chi connectivity index (χ3v) is 3.34. The normalized spacial score (nSPS) is 19.2. The number of rotatable bonds is 3. The van der Waals surface area contributed by atoms with Crippen LogP contribution in [0.2, 0.25) is 0 Å². The average molecular weight is 216 g/mol. The largest absolute Gasteiger partial charge is 0.238 e. The summed E-state index contributed by atoms with van der Waals surface area (Å²) in [5.41, 5.74) is 3.64. The number of unbranched alkanes of at least 4 members (excludes halogenated alkanes) is 1. The van der Waals surface area contributed by atoms with Crippen LogP contribution < -0.4 is 0 Å². The second kappa shape index (κ2) is 4.77. The minimum atomic E-state index is 0.636. The van der Waals surface area contributed by atoms with E-state index in [0.717, 1.165) is 17.9 Å². The lowest BCUT2D eigenvalue weighted by atomic mass is 9.88. The molecule has 1 aliphatic heterocycles. The highest BCUT2D eigenvalue weighted by Gasteiger charge is 2.20. The molecule has 0 saturated heterocycles. The van der Waals surface area contributed by atoms with Crippen molar-refractivity contribution in [2.24, 2.45) is 10.9 Å². The van der Waals surface area contributed by atoms with Crippen molar-refractivity contribution in [2.75, 3.05) is 0 Å². The van der Waals surface area contributed by atoms with Crippen molar-refractivity contribution in [1.82, 2.24) is 4.98 Å². The molecule has 0 fully saturated rings. The van der Waals surface area contributed by atoms with Gasteiger partial charge in [0.1, 0.15) is 0 Å². The predicted octanol–water partition coefficient (Wildman–Crippen LogP) is 3.84. The Labute approximate surface area is 97.8 Å². The van der Waals surface area contributed by atoms with Gasteiger partial charge in [0.2, 0.25) is 0 Å². The van der Waals surface area contributed by atoms with Crippen LogP contribution in [0.5, 0.6) is 0 Å². The van der Waals surface area contributed by atoms with Gasteiger partial charge < -0.3 is 0 Å². The van der Waals surface area contributed by atoms with E-state index < -0.39 is 0 Å². The van der Waals surface area contributed by atoms with Gasteiger partial charge in [0.15, 0.2) is 5.82 Å².